The number of aryl methyl sites for hydroxylation is 1. The van der Waals surface area contributed by atoms with Gasteiger partial charge in [0.05, 0.1) is 10.2 Å². The van der Waals surface area contributed by atoms with Crippen molar-refractivity contribution in [1.82, 2.24) is 4.98 Å². The number of hydrogen-bond acceptors (Lipinski definition) is 3. The molecule has 3 rings (SSSR count). The molecule has 1 aromatic heterocycles. The number of anilines is 1. The van der Waals surface area contributed by atoms with Crippen LogP contribution in [-0.4, -0.2) is 10.9 Å². The van der Waals surface area contributed by atoms with Crippen LogP contribution in [0.3, 0.4) is 0 Å². The Bertz CT molecular complexity index is 856. The monoisotopic (exact) mass is 332 g/mol. The molecule has 3 nitrogen and oxygen atoms in total. The summed E-state index contributed by atoms with van der Waals surface area (Å²) in [6.07, 6.45) is 0.00102. The predicted molar refractivity (Wildman–Crippen MR) is 87.7 cm³/mol. The number of halogens is 2. The summed E-state index contributed by atoms with van der Waals surface area (Å²) in [4.78, 5) is 16.4. The number of carbonyl (C=O) groups is 1. The van der Waals surface area contributed by atoms with Gasteiger partial charge in [-0.2, -0.15) is 0 Å². The fraction of sp³-hybridized carbons (Fsp3) is 0.176. The van der Waals surface area contributed by atoms with Crippen molar-refractivity contribution in [3.05, 3.63) is 59.2 Å². The lowest BCUT2D eigenvalue weighted by atomic mass is 10.1. The van der Waals surface area contributed by atoms with Crippen molar-refractivity contribution in [2.24, 2.45) is 0 Å². The molecule has 0 unspecified atom stereocenters. The van der Waals surface area contributed by atoms with Crippen LogP contribution in [0, 0.1) is 18.6 Å². The summed E-state index contributed by atoms with van der Waals surface area (Å²) < 4.78 is 28.0. The number of para-hydroxylation sites is 1. The third kappa shape index (κ3) is 3.37. The van der Waals surface area contributed by atoms with Crippen LogP contribution in [0.25, 0.3) is 10.2 Å². The van der Waals surface area contributed by atoms with E-state index in [1.54, 1.807) is 0 Å². The topological polar surface area (TPSA) is 42.0 Å². The Labute approximate surface area is 136 Å². The van der Waals surface area contributed by atoms with Crippen LogP contribution >= 0.6 is 11.3 Å². The molecule has 1 N–H and O–H groups in total. The third-order valence-electron chi connectivity index (χ3n) is 3.53. The van der Waals surface area contributed by atoms with E-state index >= 15 is 0 Å². The molecule has 118 valence electrons. The molecule has 1 heterocycles. The quantitative estimate of drug-likeness (QED) is 0.767. The highest BCUT2D eigenvalue weighted by molar-refractivity contribution is 7.22. The lowest BCUT2D eigenvalue weighted by Gasteiger charge is -2.04. The van der Waals surface area contributed by atoms with E-state index in [1.165, 1.54) is 29.5 Å². The molecule has 0 aliphatic rings. The number of carbonyl (C=O) groups excluding carboxylic acids is 1. The smallest absolute Gasteiger partial charge is 0.226 e. The number of thiazole rings is 1. The van der Waals surface area contributed by atoms with Gasteiger partial charge < -0.3 is 5.32 Å². The molecule has 0 radical (unpaired) electrons. The van der Waals surface area contributed by atoms with Gasteiger partial charge in [0, 0.05) is 12.0 Å². The van der Waals surface area contributed by atoms with Crippen LogP contribution in [0.1, 0.15) is 17.5 Å². The SMILES string of the molecule is Cc1cccc2sc(NC(=O)CCc3c(F)cccc3F)nc12. The average molecular weight is 332 g/mol. The van der Waals surface area contributed by atoms with Crippen molar-refractivity contribution in [1.29, 1.82) is 0 Å². The normalized spacial score (nSPS) is 10.9. The van der Waals surface area contributed by atoms with Crippen LogP contribution in [0.4, 0.5) is 13.9 Å². The van der Waals surface area contributed by atoms with E-state index in [0.29, 0.717) is 5.13 Å². The molecule has 6 heteroatoms. The van der Waals surface area contributed by atoms with Gasteiger partial charge in [-0.3, -0.25) is 4.79 Å². The summed E-state index contributed by atoms with van der Waals surface area (Å²) in [6.45, 7) is 1.95. The molecule has 0 aliphatic heterocycles. The number of benzene rings is 2. The van der Waals surface area contributed by atoms with Crippen molar-refractivity contribution >= 4 is 32.6 Å². The number of amides is 1. The molecular weight excluding hydrogens is 318 g/mol. The van der Waals surface area contributed by atoms with Crippen molar-refractivity contribution in [3.8, 4) is 0 Å². The van der Waals surface area contributed by atoms with Gasteiger partial charge in [0.25, 0.3) is 0 Å². The van der Waals surface area contributed by atoms with Gasteiger partial charge >= 0.3 is 0 Å². The van der Waals surface area contributed by atoms with E-state index in [0.717, 1.165) is 15.8 Å². The van der Waals surface area contributed by atoms with E-state index in [-0.39, 0.29) is 24.3 Å². The fourth-order valence-corrected chi connectivity index (χ4v) is 3.29. The van der Waals surface area contributed by atoms with Crippen molar-refractivity contribution < 1.29 is 13.6 Å². The minimum absolute atomic E-state index is 0.00718. The van der Waals surface area contributed by atoms with Crippen LogP contribution < -0.4 is 5.32 Å². The fourth-order valence-electron chi connectivity index (χ4n) is 2.33. The van der Waals surface area contributed by atoms with E-state index < -0.39 is 11.6 Å². The van der Waals surface area contributed by atoms with Crippen molar-refractivity contribution in [2.45, 2.75) is 19.8 Å². The molecule has 3 aromatic rings. The number of hydrogen-bond donors (Lipinski definition) is 1. The second kappa shape index (κ2) is 6.42. The van der Waals surface area contributed by atoms with E-state index in [1.807, 2.05) is 25.1 Å². The van der Waals surface area contributed by atoms with Gasteiger partial charge in [-0.25, -0.2) is 13.8 Å². The van der Waals surface area contributed by atoms with Crippen molar-refractivity contribution in [3.63, 3.8) is 0 Å². The standard InChI is InChI=1S/C17H14F2N2OS/c1-10-4-2-7-14-16(10)21-17(23-14)20-15(22)9-8-11-12(18)5-3-6-13(11)19/h2-7H,8-9H2,1H3,(H,20,21,22). The van der Waals surface area contributed by atoms with Gasteiger partial charge in [-0.1, -0.05) is 29.5 Å². The lowest BCUT2D eigenvalue weighted by Crippen LogP contribution is -2.13. The molecule has 0 bridgehead atoms. The predicted octanol–water partition coefficient (Wildman–Crippen LogP) is 4.45. The molecule has 1 amide bonds. The number of aromatic nitrogens is 1. The van der Waals surface area contributed by atoms with E-state index in [9.17, 15) is 13.6 Å². The minimum Gasteiger partial charge on any atom is -0.302 e. The third-order valence-corrected chi connectivity index (χ3v) is 4.47. The highest BCUT2D eigenvalue weighted by Gasteiger charge is 2.12. The Morgan fingerprint density at radius 1 is 1.17 bits per heavy atom. The summed E-state index contributed by atoms with van der Waals surface area (Å²) in [7, 11) is 0. The lowest BCUT2D eigenvalue weighted by molar-refractivity contribution is -0.116. The van der Waals surface area contributed by atoms with Crippen LogP contribution in [0.5, 0.6) is 0 Å². The zero-order chi connectivity index (χ0) is 16.4. The van der Waals surface area contributed by atoms with Gasteiger partial charge in [-0.15, -0.1) is 0 Å². The number of rotatable bonds is 4. The van der Waals surface area contributed by atoms with E-state index in [4.69, 9.17) is 0 Å². The van der Waals surface area contributed by atoms with E-state index in [2.05, 4.69) is 10.3 Å². The largest absolute Gasteiger partial charge is 0.302 e. The Kier molecular flexibility index (Phi) is 4.34. The Hall–Kier alpha value is -2.34. The molecule has 0 saturated heterocycles. The maximum absolute atomic E-state index is 13.5. The van der Waals surface area contributed by atoms with Gasteiger partial charge in [0.2, 0.25) is 5.91 Å². The maximum atomic E-state index is 13.5. The number of fused-ring (bicyclic) bond motifs is 1. The summed E-state index contributed by atoms with van der Waals surface area (Å²) in [5, 5.41) is 3.19. The molecule has 0 aliphatic carbocycles. The van der Waals surface area contributed by atoms with Gasteiger partial charge in [-0.05, 0) is 37.1 Å². The average Bonchev–Trinajstić information content (AvgIpc) is 2.90. The summed E-state index contributed by atoms with van der Waals surface area (Å²) in [5.74, 6) is -1.58. The first-order valence-corrected chi connectivity index (χ1v) is 7.95. The second-order valence-electron chi connectivity index (χ2n) is 5.19. The van der Waals surface area contributed by atoms with Crippen LogP contribution in [0.2, 0.25) is 0 Å². The molecule has 0 atom stereocenters. The summed E-state index contributed by atoms with van der Waals surface area (Å²) >= 11 is 1.38. The first kappa shape index (κ1) is 15.6. The highest BCUT2D eigenvalue weighted by Crippen LogP contribution is 2.28. The maximum Gasteiger partial charge on any atom is 0.226 e. The zero-order valence-electron chi connectivity index (χ0n) is 12.4. The number of nitrogens with zero attached hydrogens (tertiary/aromatic N) is 1. The first-order chi connectivity index (χ1) is 11.0. The Morgan fingerprint density at radius 3 is 2.57 bits per heavy atom. The molecular formula is C17H14F2N2OS. The molecule has 0 saturated carbocycles. The van der Waals surface area contributed by atoms with Gasteiger partial charge in [0.15, 0.2) is 5.13 Å². The molecule has 23 heavy (non-hydrogen) atoms. The second-order valence-corrected chi connectivity index (χ2v) is 6.22. The highest BCUT2D eigenvalue weighted by atomic mass is 32.1. The molecule has 2 aromatic carbocycles. The zero-order valence-corrected chi connectivity index (χ0v) is 13.2. The van der Waals surface area contributed by atoms with Gasteiger partial charge in [0.1, 0.15) is 11.6 Å². The summed E-state index contributed by atoms with van der Waals surface area (Å²) in [6, 6.07) is 9.50. The van der Waals surface area contributed by atoms with Crippen molar-refractivity contribution in [2.75, 3.05) is 5.32 Å². The molecule has 0 spiro atoms. The van der Waals surface area contributed by atoms with Crippen LogP contribution in [0.15, 0.2) is 36.4 Å². The Balaban J connectivity index is 1.68. The summed E-state index contributed by atoms with van der Waals surface area (Å²) in [5.41, 5.74) is 1.82. The minimum atomic E-state index is -0.631. The first-order valence-electron chi connectivity index (χ1n) is 7.13. The van der Waals surface area contributed by atoms with Crippen LogP contribution in [-0.2, 0) is 11.2 Å². The number of nitrogens with one attached hydrogen (secondary N) is 1. The Morgan fingerprint density at radius 2 is 1.87 bits per heavy atom. The molecule has 0 fully saturated rings.